The maximum absolute atomic E-state index is 3.96. The molecule has 0 spiro atoms. The second kappa shape index (κ2) is 8.28. The van der Waals surface area contributed by atoms with Crippen LogP contribution in [0.4, 0.5) is 5.69 Å². The van der Waals surface area contributed by atoms with E-state index in [-0.39, 0.29) is 5.54 Å². The lowest BCUT2D eigenvalue weighted by Crippen LogP contribution is -2.29. The van der Waals surface area contributed by atoms with E-state index in [0.29, 0.717) is 5.92 Å². The molecule has 24 heavy (non-hydrogen) atoms. The topological polar surface area (TPSA) is 3.01 Å². The van der Waals surface area contributed by atoms with Crippen molar-refractivity contribution in [3.8, 4) is 0 Å². The molecule has 1 atom stereocenters. The molecule has 0 radical (unpaired) electrons. The molecule has 1 nitrogen and oxygen atoms in total. The van der Waals surface area contributed by atoms with E-state index in [2.05, 4.69) is 76.8 Å². The van der Waals surface area contributed by atoms with Gasteiger partial charge >= 0.3 is 0 Å². The Morgan fingerprint density at radius 1 is 1.12 bits per heavy atom. The first kappa shape index (κ1) is 20.2. The highest BCUT2D eigenvalue weighted by atomic mass is 15.1. The van der Waals surface area contributed by atoms with Gasteiger partial charge in [0.1, 0.15) is 0 Å². The summed E-state index contributed by atoms with van der Waals surface area (Å²) in [6.07, 6.45) is 9.33. The van der Waals surface area contributed by atoms with Crippen LogP contribution < -0.4 is 0 Å². The molecule has 1 aliphatic heterocycles. The first-order chi connectivity index (χ1) is 11.3. The Kier molecular flexibility index (Phi) is 6.95. The van der Waals surface area contributed by atoms with Crippen molar-refractivity contribution in [3.05, 3.63) is 65.8 Å². The van der Waals surface area contributed by atoms with E-state index >= 15 is 0 Å². The van der Waals surface area contributed by atoms with E-state index in [4.69, 9.17) is 0 Å². The van der Waals surface area contributed by atoms with Gasteiger partial charge in [0, 0.05) is 31.4 Å². The zero-order valence-corrected chi connectivity index (χ0v) is 16.6. The molecule has 0 aromatic heterocycles. The predicted molar refractivity (Wildman–Crippen MR) is 109 cm³/mol. The molecular weight excluding hydrogens is 290 g/mol. The molecule has 1 unspecified atom stereocenters. The minimum Gasteiger partial charge on any atom is -0.197 e. The van der Waals surface area contributed by atoms with Gasteiger partial charge in [-0.05, 0) is 38.5 Å². The third-order valence-electron chi connectivity index (χ3n) is 4.55. The summed E-state index contributed by atoms with van der Waals surface area (Å²) in [5, 5.41) is 0. The van der Waals surface area contributed by atoms with Crippen molar-refractivity contribution < 1.29 is 4.58 Å². The fraction of sp³-hybridized carbons (Fsp3) is 0.435. The van der Waals surface area contributed by atoms with Crippen molar-refractivity contribution in [2.24, 2.45) is 5.92 Å². The SMILES string of the molecule is C=C/C=C(\C=C)C1C=[N+](c2c(C)cc(C)cc2C)C(C)(C)C1.CC. The van der Waals surface area contributed by atoms with E-state index in [1.54, 1.807) is 0 Å². The van der Waals surface area contributed by atoms with Gasteiger partial charge < -0.3 is 0 Å². The zero-order chi connectivity index (χ0) is 18.5. The van der Waals surface area contributed by atoms with Crippen LogP contribution in [0.3, 0.4) is 0 Å². The van der Waals surface area contributed by atoms with Crippen LogP contribution in [-0.2, 0) is 0 Å². The maximum Gasteiger partial charge on any atom is 0.211 e. The maximum atomic E-state index is 3.96. The fourth-order valence-electron chi connectivity index (χ4n) is 3.68. The first-order valence-corrected chi connectivity index (χ1v) is 8.97. The number of nitrogens with zero attached hydrogens (tertiary/aromatic N) is 1. The molecule has 0 aliphatic carbocycles. The third kappa shape index (κ3) is 4.14. The molecule has 2 rings (SSSR count). The lowest BCUT2D eigenvalue weighted by molar-refractivity contribution is -0.512. The number of allylic oxidation sites excluding steroid dienone is 4. The number of hydrogen-bond acceptors (Lipinski definition) is 0. The molecule has 1 aliphatic rings. The van der Waals surface area contributed by atoms with Gasteiger partial charge in [0.25, 0.3) is 0 Å². The largest absolute Gasteiger partial charge is 0.211 e. The molecule has 0 fully saturated rings. The lowest BCUT2D eigenvalue weighted by atomic mass is 9.89. The highest BCUT2D eigenvalue weighted by Crippen LogP contribution is 2.38. The van der Waals surface area contributed by atoms with Crippen molar-refractivity contribution in [3.63, 3.8) is 0 Å². The summed E-state index contributed by atoms with van der Waals surface area (Å²) in [7, 11) is 0. The van der Waals surface area contributed by atoms with Gasteiger partial charge in [-0.15, -0.1) is 0 Å². The Balaban J connectivity index is 0.00000139. The van der Waals surface area contributed by atoms with E-state index < -0.39 is 0 Å². The molecule has 0 N–H and O–H groups in total. The molecule has 1 aromatic carbocycles. The van der Waals surface area contributed by atoms with Crippen LogP contribution in [-0.4, -0.2) is 16.3 Å². The van der Waals surface area contributed by atoms with E-state index in [1.807, 2.05) is 26.0 Å². The van der Waals surface area contributed by atoms with Crippen molar-refractivity contribution in [1.29, 1.82) is 0 Å². The first-order valence-electron chi connectivity index (χ1n) is 8.97. The Bertz CT molecular complexity index is 648. The average molecular weight is 325 g/mol. The van der Waals surface area contributed by atoms with E-state index in [9.17, 15) is 0 Å². The van der Waals surface area contributed by atoms with Crippen LogP contribution in [0.15, 0.2) is 49.1 Å². The summed E-state index contributed by atoms with van der Waals surface area (Å²) >= 11 is 0. The summed E-state index contributed by atoms with van der Waals surface area (Å²) in [6.45, 7) is 23.0. The van der Waals surface area contributed by atoms with Crippen molar-refractivity contribution >= 4 is 11.9 Å². The number of benzene rings is 1. The van der Waals surface area contributed by atoms with Crippen LogP contribution in [0.25, 0.3) is 0 Å². The van der Waals surface area contributed by atoms with Crippen LogP contribution in [0, 0.1) is 26.7 Å². The molecule has 1 heterocycles. The summed E-state index contributed by atoms with van der Waals surface area (Å²) in [5.74, 6) is 0.394. The van der Waals surface area contributed by atoms with Gasteiger partial charge in [-0.25, -0.2) is 0 Å². The molecule has 0 amide bonds. The molecule has 0 bridgehead atoms. The summed E-state index contributed by atoms with van der Waals surface area (Å²) < 4.78 is 2.46. The van der Waals surface area contributed by atoms with Gasteiger partial charge in [0.2, 0.25) is 5.69 Å². The minimum atomic E-state index is 0.0959. The molecule has 1 heteroatoms. The quantitative estimate of drug-likeness (QED) is 0.442. The van der Waals surface area contributed by atoms with Gasteiger partial charge in [-0.3, -0.25) is 0 Å². The lowest BCUT2D eigenvalue weighted by Gasteiger charge is -2.20. The third-order valence-corrected chi connectivity index (χ3v) is 4.55. The number of aryl methyl sites for hydroxylation is 3. The zero-order valence-electron chi connectivity index (χ0n) is 16.6. The van der Waals surface area contributed by atoms with E-state index in [0.717, 1.165) is 6.42 Å². The van der Waals surface area contributed by atoms with Crippen LogP contribution in [0.2, 0.25) is 0 Å². The van der Waals surface area contributed by atoms with Crippen LogP contribution >= 0.6 is 0 Å². The molecule has 130 valence electrons. The van der Waals surface area contributed by atoms with Crippen molar-refractivity contribution in [1.82, 2.24) is 0 Å². The van der Waals surface area contributed by atoms with Gasteiger partial charge in [0.15, 0.2) is 11.8 Å². The molecule has 0 saturated heterocycles. The number of hydrogen-bond donors (Lipinski definition) is 0. The average Bonchev–Trinajstić information content (AvgIpc) is 2.81. The highest BCUT2D eigenvalue weighted by Gasteiger charge is 2.43. The van der Waals surface area contributed by atoms with Gasteiger partial charge in [-0.2, -0.15) is 4.58 Å². The summed E-state index contributed by atoms with van der Waals surface area (Å²) in [5.41, 5.74) is 6.70. The minimum absolute atomic E-state index is 0.0959. The highest BCUT2D eigenvalue weighted by molar-refractivity contribution is 5.67. The molecular formula is C23H34N+. The van der Waals surface area contributed by atoms with Crippen molar-refractivity contribution in [2.45, 2.75) is 60.4 Å². The fourth-order valence-corrected chi connectivity index (χ4v) is 3.68. The molecule has 0 saturated carbocycles. The molecule has 1 aromatic rings. The smallest absolute Gasteiger partial charge is 0.197 e. The van der Waals surface area contributed by atoms with E-state index in [1.165, 1.54) is 28.0 Å². The predicted octanol–water partition coefficient (Wildman–Crippen LogP) is 6.45. The summed E-state index contributed by atoms with van der Waals surface area (Å²) in [6, 6.07) is 4.54. The second-order valence-electron chi connectivity index (χ2n) is 7.00. The Morgan fingerprint density at radius 3 is 2.12 bits per heavy atom. The van der Waals surface area contributed by atoms with Gasteiger partial charge in [0.05, 0.1) is 5.92 Å². The van der Waals surface area contributed by atoms with Crippen LogP contribution in [0.1, 0.15) is 50.8 Å². The second-order valence-corrected chi connectivity index (χ2v) is 7.00. The standard InChI is InChI=1S/C21H28N.C2H6/c1-8-10-18(9-2)19-13-21(6,7)22(14-19)20-16(4)11-15(3)12-17(20)5;1-2/h8-12,14,19H,1-2,13H2,3-7H3;1-2H3/q+1;/b18-10+;. The Morgan fingerprint density at radius 2 is 1.67 bits per heavy atom. The Hall–Kier alpha value is -1.89. The van der Waals surface area contributed by atoms with Crippen molar-refractivity contribution in [2.75, 3.05) is 0 Å². The monoisotopic (exact) mass is 324 g/mol. The van der Waals surface area contributed by atoms with Crippen LogP contribution in [0.5, 0.6) is 0 Å². The number of rotatable bonds is 4. The normalized spacial score (nSPS) is 19.2. The van der Waals surface area contributed by atoms with Gasteiger partial charge in [-0.1, -0.05) is 50.8 Å². The Labute approximate surface area is 149 Å². The summed E-state index contributed by atoms with van der Waals surface area (Å²) in [4.78, 5) is 0.